The fourth-order valence-electron chi connectivity index (χ4n) is 1.45. The molecule has 18 heavy (non-hydrogen) atoms. The lowest BCUT2D eigenvalue weighted by atomic mass is 10.2. The van der Waals surface area contributed by atoms with E-state index >= 15 is 0 Å². The minimum atomic E-state index is -0.686. The largest absolute Gasteiger partial charge is 0.363 e. The van der Waals surface area contributed by atoms with E-state index in [1.165, 1.54) is 19.3 Å². The van der Waals surface area contributed by atoms with Crippen LogP contribution in [0, 0.1) is 24.4 Å². The van der Waals surface area contributed by atoms with Crippen molar-refractivity contribution in [3.63, 3.8) is 0 Å². The highest BCUT2D eigenvalue weighted by molar-refractivity contribution is 5.38. The zero-order valence-corrected chi connectivity index (χ0v) is 9.54. The van der Waals surface area contributed by atoms with Gasteiger partial charge in [0.2, 0.25) is 0 Å². The monoisotopic (exact) mass is 253 g/mol. The van der Waals surface area contributed by atoms with Gasteiger partial charge in [0.25, 0.3) is 0 Å². The Bertz CT molecular complexity index is 552. The van der Waals surface area contributed by atoms with Crippen LogP contribution in [0.4, 0.5) is 19.0 Å². The Hall–Kier alpha value is -2.11. The molecule has 0 saturated heterocycles. The number of hydrogen-bond acceptors (Lipinski definition) is 3. The lowest BCUT2D eigenvalue weighted by Crippen LogP contribution is -2.08. The smallest absolute Gasteiger partial charge is 0.186 e. The molecule has 0 amide bonds. The normalized spacial score (nSPS) is 10.4. The molecule has 3 nitrogen and oxygen atoms in total. The van der Waals surface area contributed by atoms with Crippen molar-refractivity contribution in [3.05, 3.63) is 53.2 Å². The second kappa shape index (κ2) is 5.03. The molecule has 0 unspecified atom stereocenters. The topological polar surface area (TPSA) is 37.8 Å². The van der Waals surface area contributed by atoms with Crippen LogP contribution < -0.4 is 5.32 Å². The number of aryl methyl sites for hydroxylation is 1. The number of benzene rings is 1. The van der Waals surface area contributed by atoms with Crippen molar-refractivity contribution in [3.8, 4) is 0 Å². The molecule has 94 valence electrons. The summed E-state index contributed by atoms with van der Waals surface area (Å²) in [6.07, 6.45) is 1.18. The standard InChI is InChI=1S/C12H10F3N3/c1-7-11(15)12(18-6-17-7)16-5-8-9(13)3-2-4-10(8)14/h2-4,6H,5H2,1H3,(H,16,17,18). The van der Waals surface area contributed by atoms with E-state index in [0.29, 0.717) is 0 Å². The van der Waals surface area contributed by atoms with Gasteiger partial charge in [-0.15, -0.1) is 0 Å². The van der Waals surface area contributed by atoms with Crippen molar-refractivity contribution in [2.75, 3.05) is 5.32 Å². The van der Waals surface area contributed by atoms with Gasteiger partial charge in [0.1, 0.15) is 18.0 Å². The van der Waals surface area contributed by atoms with E-state index in [4.69, 9.17) is 0 Å². The molecule has 6 heteroatoms. The summed E-state index contributed by atoms with van der Waals surface area (Å²) in [6, 6.07) is 3.55. The number of nitrogens with zero attached hydrogens (tertiary/aromatic N) is 2. The van der Waals surface area contributed by atoms with E-state index in [9.17, 15) is 13.2 Å². The molecule has 0 aliphatic rings. The van der Waals surface area contributed by atoms with E-state index in [2.05, 4.69) is 15.3 Å². The molecule has 0 aliphatic heterocycles. The first-order valence-corrected chi connectivity index (χ1v) is 5.23. The molecule has 1 heterocycles. The van der Waals surface area contributed by atoms with Crippen molar-refractivity contribution < 1.29 is 13.2 Å². The van der Waals surface area contributed by atoms with Crippen LogP contribution in [0.5, 0.6) is 0 Å². The Balaban J connectivity index is 2.19. The van der Waals surface area contributed by atoms with Gasteiger partial charge in [-0.2, -0.15) is 0 Å². The highest BCUT2D eigenvalue weighted by Crippen LogP contribution is 2.16. The van der Waals surface area contributed by atoms with Crippen LogP contribution in [-0.2, 0) is 6.54 Å². The van der Waals surface area contributed by atoms with Gasteiger partial charge in [0.15, 0.2) is 11.6 Å². The second-order valence-electron chi connectivity index (χ2n) is 3.68. The van der Waals surface area contributed by atoms with Crippen LogP contribution >= 0.6 is 0 Å². The highest BCUT2D eigenvalue weighted by Gasteiger charge is 2.11. The predicted molar refractivity (Wildman–Crippen MR) is 60.4 cm³/mol. The van der Waals surface area contributed by atoms with Crippen molar-refractivity contribution in [2.45, 2.75) is 13.5 Å². The Labute approximate surface area is 102 Å². The van der Waals surface area contributed by atoms with Crippen molar-refractivity contribution in [1.82, 2.24) is 9.97 Å². The van der Waals surface area contributed by atoms with Gasteiger partial charge in [0.05, 0.1) is 5.69 Å². The van der Waals surface area contributed by atoms with E-state index in [1.54, 1.807) is 0 Å². The van der Waals surface area contributed by atoms with E-state index in [-0.39, 0.29) is 23.6 Å². The molecular formula is C12H10F3N3. The van der Waals surface area contributed by atoms with Crippen LogP contribution in [0.2, 0.25) is 0 Å². The summed E-state index contributed by atoms with van der Waals surface area (Å²) in [5.41, 5.74) is 0.00895. The van der Waals surface area contributed by atoms with Crippen LogP contribution in [0.3, 0.4) is 0 Å². The molecule has 0 spiro atoms. The number of anilines is 1. The molecule has 1 aromatic heterocycles. The SMILES string of the molecule is Cc1ncnc(NCc2c(F)cccc2F)c1F. The van der Waals surface area contributed by atoms with Crippen molar-refractivity contribution >= 4 is 5.82 Å². The van der Waals surface area contributed by atoms with Crippen LogP contribution in [0.1, 0.15) is 11.3 Å². The number of hydrogen-bond donors (Lipinski definition) is 1. The molecule has 2 aromatic rings. The summed E-state index contributed by atoms with van der Waals surface area (Å²) in [4.78, 5) is 7.33. The zero-order valence-electron chi connectivity index (χ0n) is 9.54. The fourth-order valence-corrected chi connectivity index (χ4v) is 1.45. The summed E-state index contributed by atoms with van der Waals surface area (Å²) < 4.78 is 40.2. The van der Waals surface area contributed by atoms with Gasteiger partial charge >= 0.3 is 0 Å². The maximum atomic E-state index is 13.5. The third-order valence-corrected chi connectivity index (χ3v) is 2.46. The van der Waals surface area contributed by atoms with Crippen LogP contribution in [-0.4, -0.2) is 9.97 Å². The molecule has 1 aromatic carbocycles. The average molecular weight is 253 g/mol. The number of halogens is 3. The Kier molecular flexibility index (Phi) is 3.45. The first-order chi connectivity index (χ1) is 8.59. The Morgan fingerprint density at radius 2 is 1.78 bits per heavy atom. The Morgan fingerprint density at radius 3 is 2.44 bits per heavy atom. The average Bonchev–Trinajstić information content (AvgIpc) is 2.33. The van der Waals surface area contributed by atoms with Gasteiger partial charge < -0.3 is 5.32 Å². The molecule has 0 saturated carbocycles. The van der Waals surface area contributed by atoms with Crippen molar-refractivity contribution in [2.24, 2.45) is 0 Å². The fraction of sp³-hybridized carbons (Fsp3) is 0.167. The molecule has 0 bridgehead atoms. The maximum Gasteiger partial charge on any atom is 0.186 e. The third kappa shape index (κ3) is 2.42. The molecule has 2 rings (SSSR count). The quantitative estimate of drug-likeness (QED) is 0.914. The summed E-state index contributed by atoms with van der Waals surface area (Å²) in [5.74, 6) is -2.08. The predicted octanol–water partition coefficient (Wildman–Crippen LogP) is 2.81. The molecule has 0 atom stereocenters. The van der Waals surface area contributed by atoms with Gasteiger partial charge in [-0.05, 0) is 19.1 Å². The lowest BCUT2D eigenvalue weighted by molar-refractivity contribution is 0.558. The minimum absolute atomic E-state index is 0.0786. The highest BCUT2D eigenvalue weighted by atomic mass is 19.1. The first kappa shape index (κ1) is 12.3. The second-order valence-corrected chi connectivity index (χ2v) is 3.68. The molecule has 0 fully saturated rings. The van der Waals surface area contributed by atoms with Gasteiger partial charge in [-0.25, -0.2) is 23.1 Å². The summed E-state index contributed by atoms with van der Waals surface area (Å²) in [7, 11) is 0. The summed E-state index contributed by atoms with van der Waals surface area (Å²) in [6.45, 7) is 1.29. The number of rotatable bonds is 3. The first-order valence-electron chi connectivity index (χ1n) is 5.23. The lowest BCUT2D eigenvalue weighted by Gasteiger charge is -2.08. The van der Waals surface area contributed by atoms with Crippen LogP contribution in [0.25, 0.3) is 0 Å². The Morgan fingerprint density at radius 1 is 1.11 bits per heavy atom. The molecular weight excluding hydrogens is 243 g/mol. The summed E-state index contributed by atoms with van der Waals surface area (Å²) in [5, 5.41) is 2.55. The van der Waals surface area contributed by atoms with Gasteiger partial charge in [-0.3, -0.25) is 0 Å². The number of nitrogens with one attached hydrogen (secondary N) is 1. The summed E-state index contributed by atoms with van der Waals surface area (Å²) >= 11 is 0. The van der Waals surface area contributed by atoms with E-state index in [0.717, 1.165) is 12.1 Å². The maximum absolute atomic E-state index is 13.5. The van der Waals surface area contributed by atoms with Crippen LogP contribution in [0.15, 0.2) is 24.5 Å². The third-order valence-electron chi connectivity index (χ3n) is 2.46. The minimum Gasteiger partial charge on any atom is -0.363 e. The van der Waals surface area contributed by atoms with Crippen molar-refractivity contribution in [1.29, 1.82) is 0 Å². The van der Waals surface area contributed by atoms with Gasteiger partial charge in [-0.1, -0.05) is 6.07 Å². The van der Waals surface area contributed by atoms with Gasteiger partial charge in [0, 0.05) is 12.1 Å². The number of aromatic nitrogens is 2. The van der Waals surface area contributed by atoms with E-state index in [1.807, 2.05) is 0 Å². The molecule has 0 radical (unpaired) electrons. The molecule has 0 aliphatic carbocycles. The zero-order chi connectivity index (χ0) is 13.1. The van der Waals surface area contributed by atoms with E-state index < -0.39 is 17.5 Å². The molecule has 1 N–H and O–H groups in total.